The first-order valence-corrected chi connectivity index (χ1v) is 7.23. The zero-order valence-corrected chi connectivity index (χ0v) is 12.4. The quantitative estimate of drug-likeness (QED) is 0.639. The number of carbonyl (C=O) groups is 1. The minimum absolute atomic E-state index is 0.0730. The monoisotopic (exact) mass is 300 g/mol. The van der Waals surface area contributed by atoms with Crippen molar-refractivity contribution in [2.24, 2.45) is 5.10 Å². The SMILES string of the molecule is O=C(CCCc1ccccc1)N/N=C\c1ccc(Cl)cc1. The number of benzene rings is 2. The van der Waals surface area contributed by atoms with Crippen LogP contribution in [0.3, 0.4) is 0 Å². The van der Waals surface area contributed by atoms with Gasteiger partial charge in [0.15, 0.2) is 0 Å². The number of nitrogens with zero attached hydrogens (tertiary/aromatic N) is 1. The van der Waals surface area contributed by atoms with Crippen LogP contribution in [0.5, 0.6) is 0 Å². The van der Waals surface area contributed by atoms with Crippen molar-refractivity contribution in [2.75, 3.05) is 0 Å². The number of halogens is 1. The van der Waals surface area contributed by atoms with Crippen molar-refractivity contribution >= 4 is 23.7 Å². The summed E-state index contributed by atoms with van der Waals surface area (Å²) in [6.45, 7) is 0. The minimum atomic E-state index is -0.0730. The normalized spacial score (nSPS) is 10.7. The van der Waals surface area contributed by atoms with E-state index in [9.17, 15) is 4.79 Å². The van der Waals surface area contributed by atoms with Crippen LogP contribution in [0, 0.1) is 0 Å². The molecule has 0 fully saturated rings. The van der Waals surface area contributed by atoms with Crippen molar-refractivity contribution in [2.45, 2.75) is 19.3 Å². The lowest BCUT2D eigenvalue weighted by atomic mass is 10.1. The Hall–Kier alpha value is -2.13. The van der Waals surface area contributed by atoms with Gasteiger partial charge in [-0.2, -0.15) is 5.10 Å². The molecular weight excluding hydrogens is 284 g/mol. The average Bonchev–Trinajstić information content (AvgIpc) is 2.50. The van der Waals surface area contributed by atoms with Gasteiger partial charge in [-0.3, -0.25) is 4.79 Å². The van der Waals surface area contributed by atoms with Crippen molar-refractivity contribution in [3.05, 3.63) is 70.7 Å². The molecular formula is C17H17ClN2O. The molecule has 1 N–H and O–H groups in total. The van der Waals surface area contributed by atoms with Gasteiger partial charge in [-0.15, -0.1) is 0 Å². The first kappa shape index (κ1) is 15.3. The van der Waals surface area contributed by atoms with Gasteiger partial charge in [0, 0.05) is 11.4 Å². The third-order valence-corrected chi connectivity index (χ3v) is 3.24. The van der Waals surface area contributed by atoms with E-state index in [2.05, 4.69) is 22.7 Å². The highest BCUT2D eigenvalue weighted by Gasteiger charge is 2.00. The predicted octanol–water partition coefficient (Wildman–Crippen LogP) is 3.81. The molecule has 108 valence electrons. The number of amides is 1. The van der Waals surface area contributed by atoms with E-state index in [-0.39, 0.29) is 5.91 Å². The van der Waals surface area contributed by atoms with E-state index in [0.29, 0.717) is 11.4 Å². The molecule has 21 heavy (non-hydrogen) atoms. The Morgan fingerprint density at radius 1 is 1.10 bits per heavy atom. The number of carbonyl (C=O) groups excluding carboxylic acids is 1. The molecule has 0 aliphatic rings. The molecule has 0 bridgehead atoms. The van der Waals surface area contributed by atoms with Crippen molar-refractivity contribution in [1.82, 2.24) is 5.43 Å². The fourth-order valence-electron chi connectivity index (χ4n) is 1.88. The Morgan fingerprint density at radius 2 is 1.81 bits per heavy atom. The Balaban J connectivity index is 1.69. The molecule has 2 aromatic carbocycles. The summed E-state index contributed by atoms with van der Waals surface area (Å²) in [5, 5.41) is 4.61. The maximum absolute atomic E-state index is 11.6. The van der Waals surface area contributed by atoms with Crippen molar-refractivity contribution in [3.63, 3.8) is 0 Å². The lowest BCUT2D eigenvalue weighted by Crippen LogP contribution is -2.17. The number of rotatable bonds is 6. The molecule has 0 saturated carbocycles. The van der Waals surface area contributed by atoms with Gasteiger partial charge in [0.2, 0.25) is 5.91 Å². The highest BCUT2D eigenvalue weighted by Crippen LogP contribution is 2.07. The van der Waals surface area contributed by atoms with Crippen LogP contribution in [0.15, 0.2) is 59.7 Å². The van der Waals surface area contributed by atoms with Gasteiger partial charge in [-0.05, 0) is 36.1 Å². The van der Waals surface area contributed by atoms with Crippen LogP contribution >= 0.6 is 11.6 Å². The number of aryl methyl sites for hydroxylation is 1. The number of hydrogen-bond donors (Lipinski definition) is 1. The summed E-state index contributed by atoms with van der Waals surface area (Å²) in [5.74, 6) is -0.0730. The summed E-state index contributed by atoms with van der Waals surface area (Å²) in [6.07, 6.45) is 3.78. The van der Waals surface area contributed by atoms with Gasteiger partial charge in [-0.25, -0.2) is 5.43 Å². The maximum Gasteiger partial charge on any atom is 0.240 e. The third-order valence-electron chi connectivity index (χ3n) is 2.98. The summed E-state index contributed by atoms with van der Waals surface area (Å²) in [5.41, 5.74) is 4.67. The third kappa shape index (κ3) is 5.79. The Bertz CT molecular complexity index is 594. The first-order chi connectivity index (χ1) is 10.2. The molecule has 0 aliphatic heterocycles. The lowest BCUT2D eigenvalue weighted by molar-refractivity contribution is -0.121. The summed E-state index contributed by atoms with van der Waals surface area (Å²) >= 11 is 5.79. The van der Waals surface area contributed by atoms with Gasteiger partial charge >= 0.3 is 0 Å². The van der Waals surface area contributed by atoms with E-state index in [1.807, 2.05) is 30.3 Å². The number of hydrogen-bond acceptors (Lipinski definition) is 2. The van der Waals surface area contributed by atoms with E-state index >= 15 is 0 Å². The van der Waals surface area contributed by atoms with Crippen molar-refractivity contribution < 1.29 is 4.79 Å². The predicted molar refractivity (Wildman–Crippen MR) is 86.6 cm³/mol. The molecule has 0 unspecified atom stereocenters. The minimum Gasteiger partial charge on any atom is -0.273 e. The Morgan fingerprint density at radius 3 is 2.52 bits per heavy atom. The fourth-order valence-corrected chi connectivity index (χ4v) is 2.01. The molecule has 2 rings (SSSR count). The molecule has 3 nitrogen and oxygen atoms in total. The maximum atomic E-state index is 11.6. The molecule has 0 saturated heterocycles. The summed E-state index contributed by atoms with van der Waals surface area (Å²) in [7, 11) is 0. The highest BCUT2D eigenvalue weighted by molar-refractivity contribution is 6.30. The molecule has 0 heterocycles. The molecule has 1 amide bonds. The zero-order chi connectivity index (χ0) is 14.9. The highest BCUT2D eigenvalue weighted by atomic mass is 35.5. The second kappa shape index (κ2) is 8.22. The summed E-state index contributed by atoms with van der Waals surface area (Å²) < 4.78 is 0. The number of nitrogens with one attached hydrogen (secondary N) is 1. The summed E-state index contributed by atoms with van der Waals surface area (Å²) in [4.78, 5) is 11.6. The molecule has 0 aromatic heterocycles. The van der Waals surface area contributed by atoms with Crippen LogP contribution in [0.1, 0.15) is 24.0 Å². The van der Waals surface area contributed by atoms with E-state index in [1.165, 1.54) is 5.56 Å². The van der Waals surface area contributed by atoms with Gasteiger partial charge in [-0.1, -0.05) is 54.1 Å². The second-order valence-electron chi connectivity index (χ2n) is 4.68. The number of hydrazone groups is 1. The van der Waals surface area contributed by atoms with Crippen LogP contribution in [0.4, 0.5) is 0 Å². The smallest absolute Gasteiger partial charge is 0.240 e. The van der Waals surface area contributed by atoms with E-state index in [0.717, 1.165) is 18.4 Å². The topological polar surface area (TPSA) is 41.5 Å². The van der Waals surface area contributed by atoms with Crippen molar-refractivity contribution in [1.29, 1.82) is 0 Å². The molecule has 0 spiro atoms. The summed E-state index contributed by atoms with van der Waals surface area (Å²) in [6, 6.07) is 17.4. The molecule has 0 atom stereocenters. The zero-order valence-electron chi connectivity index (χ0n) is 11.6. The van der Waals surface area contributed by atoms with Crippen molar-refractivity contribution in [3.8, 4) is 0 Å². The fraction of sp³-hybridized carbons (Fsp3) is 0.176. The van der Waals surface area contributed by atoms with Gasteiger partial charge in [0.05, 0.1) is 6.21 Å². The lowest BCUT2D eigenvalue weighted by Gasteiger charge is -2.01. The molecule has 4 heteroatoms. The molecule has 0 radical (unpaired) electrons. The van der Waals surface area contributed by atoms with E-state index in [1.54, 1.807) is 18.3 Å². The van der Waals surface area contributed by atoms with Gasteiger partial charge in [0.25, 0.3) is 0 Å². The standard InChI is InChI=1S/C17H17ClN2O/c18-16-11-9-15(10-12-16)13-19-20-17(21)8-4-7-14-5-2-1-3-6-14/h1-3,5-6,9-13H,4,7-8H2,(H,20,21)/b19-13-. The van der Waals surface area contributed by atoms with Gasteiger partial charge < -0.3 is 0 Å². The van der Waals surface area contributed by atoms with Crippen LogP contribution in [0.25, 0.3) is 0 Å². The van der Waals surface area contributed by atoms with E-state index < -0.39 is 0 Å². The average molecular weight is 301 g/mol. The van der Waals surface area contributed by atoms with Crippen LogP contribution < -0.4 is 5.43 Å². The van der Waals surface area contributed by atoms with Crippen LogP contribution in [-0.4, -0.2) is 12.1 Å². The molecule has 2 aromatic rings. The van der Waals surface area contributed by atoms with Crippen LogP contribution in [-0.2, 0) is 11.2 Å². The Kier molecular flexibility index (Phi) is 5.98. The second-order valence-corrected chi connectivity index (χ2v) is 5.12. The van der Waals surface area contributed by atoms with Crippen LogP contribution in [0.2, 0.25) is 5.02 Å². The first-order valence-electron chi connectivity index (χ1n) is 6.85. The largest absolute Gasteiger partial charge is 0.273 e. The molecule has 0 aliphatic carbocycles. The van der Waals surface area contributed by atoms with Gasteiger partial charge in [0.1, 0.15) is 0 Å². The van der Waals surface area contributed by atoms with E-state index in [4.69, 9.17) is 11.6 Å². The Labute approximate surface area is 129 Å².